The third-order valence-electron chi connectivity index (χ3n) is 3.69. The van der Waals surface area contributed by atoms with Crippen LogP contribution in [0.4, 0.5) is 0 Å². The highest BCUT2D eigenvalue weighted by atomic mass is 16.5. The van der Waals surface area contributed by atoms with Crippen molar-refractivity contribution in [3.05, 3.63) is 36.0 Å². The molecule has 0 saturated heterocycles. The number of rotatable bonds is 6. The van der Waals surface area contributed by atoms with Crippen LogP contribution in [0, 0.1) is 5.92 Å². The number of nitrogens with zero attached hydrogens (tertiary/aromatic N) is 1. The van der Waals surface area contributed by atoms with Gasteiger partial charge in [-0.25, -0.2) is 0 Å². The number of para-hydroxylation sites is 1. The number of aromatic nitrogens is 1. The fraction of sp³-hybridized carbons (Fsp3) is 0.500. The number of hydrogen-bond acceptors (Lipinski definition) is 2. The number of benzene rings is 1. The van der Waals surface area contributed by atoms with E-state index in [0.29, 0.717) is 12.0 Å². The van der Waals surface area contributed by atoms with E-state index in [9.17, 15) is 0 Å². The maximum Gasteiger partial charge on any atom is 0.0618 e. The van der Waals surface area contributed by atoms with Crippen molar-refractivity contribution in [2.24, 2.45) is 13.0 Å². The van der Waals surface area contributed by atoms with Crippen molar-refractivity contribution >= 4 is 10.9 Å². The lowest BCUT2D eigenvalue weighted by atomic mass is 10.0. The van der Waals surface area contributed by atoms with Gasteiger partial charge in [-0.2, -0.15) is 0 Å². The second kappa shape index (κ2) is 6.22. The number of nitrogens with one attached hydrogen (secondary N) is 1. The molecule has 1 unspecified atom stereocenters. The Morgan fingerprint density at radius 1 is 1.26 bits per heavy atom. The Hall–Kier alpha value is -1.32. The average molecular weight is 260 g/mol. The van der Waals surface area contributed by atoms with Crippen molar-refractivity contribution in [2.75, 3.05) is 13.7 Å². The molecule has 19 heavy (non-hydrogen) atoms. The number of hydrogen-bond donors (Lipinski definition) is 1. The van der Waals surface area contributed by atoms with Gasteiger partial charge < -0.3 is 14.6 Å². The van der Waals surface area contributed by atoms with Crippen molar-refractivity contribution < 1.29 is 4.74 Å². The first-order chi connectivity index (χ1) is 9.13. The lowest BCUT2D eigenvalue weighted by Gasteiger charge is -2.21. The molecule has 1 N–H and O–H groups in total. The molecule has 0 aliphatic heterocycles. The van der Waals surface area contributed by atoms with E-state index in [1.54, 1.807) is 7.11 Å². The molecule has 1 heterocycles. The summed E-state index contributed by atoms with van der Waals surface area (Å²) in [5, 5.41) is 4.93. The Labute approximate surface area is 115 Å². The molecule has 0 aliphatic carbocycles. The number of ether oxygens (including phenoxy) is 1. The molecule has 3 nitrogen and oxygen atoms in total. The summed E-state index contributed by atoms with van der Waals surface area (Å²) in [6, 6.07) is 8.92. The third-order valence-corrected chi connectivity index (χ3v) is 3.69. The van der Waals surface area contributed by atoms with E-state index in [1.807, 2.05) is 0 Å². The Morgan fingerprint density at radius 2 is 2.00 bits per heavy atom. The zero-order valence-corrected chi connectivity index (χ0v) is 12.3. The smallest absolute Gasteiger partial charge is 0.0618 e. The molecule has 2 rings (SSSR count). The standard InChI is InChI=1S/C16H24N2O/c1-12(2)15(11-19-4)17-9-13-10-18(3)16-8-6-5-7-14(13)16/h5-8,10,12,15,17H,9,11H2,1-4H3. The van der Waals surface area contributed by atoms with E-state index in [4.69, 9.17) is 4.74 Å². The van der Waals surface area contributed by atoms with Gasteiger partial charge in [0.15, 0.2) is 0 Å². The molecule has 1 atom stereocenters. The Kier molecular flexibility index (Phi) is 4.61. The number of fused-ring (bicyclic) bond motifs is 1. The topological polar surface area (TPSA) is 26.2 Å². The van der Waals surface area contributed by atoms with Gasteiger partial charge in [0.1, 0.15) is 0 Å². The summed E-state index contributed by atoms with van der Waals surface area (Å²) in [6.07, 6.45) is 2.21. The summed E-state index contributed by atoms with van der Waals surface area (Å²) in [4.78, 5) is 0. The quantitative estimate of drug-likeness (QED) is 0.864. The van der Waals surface area contributed by atoms with E-state index in [-0.39, 0.29) is 0 Å². The van der Waals surface area contributed by atoms with Gasteiger partial charge in [-0.3, -0.25) is 0 Å². The van der Waals surface area contributed by atoms with Gasteiger partial charge in [0.2, 0.25) is 0 Å². The zero-order chi connectivity index (χ0) is 13.8. The van der Waals surface area contributed by atoms with Crippen molar-refractivity contribution in [2.45, 2.75) is 26.4 Å². The van der Waals surface area contributed by atoms with E-state index in [2.05, 4.69) is 61.2 Å². The molecule has 0 amide bonds. The van der Waals surface area contributed by atoms with Crippen LogP contribution in [-0.2, 0) is 18.3 Å². The first kappa shape index (κ1) is 14.1. The molecule has 2 aromatic rings. The van der Waals surface area contributed by atoms with Crippen LogP contribution in [0.1, 0.15) is 19.4 Å². The van der Waals surface area contributed by atoms with E-state index in [1.165, 1.54) is 16.5 Å². The second-order valence-corrected chi connectivity index (χ2v) is 5.47. The van der Waals surface area contributed by atoms with Crippen LogP contribution in [0.5, 0.6) is 0 Å². The molecular weight excluding hydrogens is 236 g/mol. The highest BCUT2D eigenvalue weighted by Crippen LogP contribution is 2.20. The van der Waals surface area contributed by atoms with Gasteiger partial charge in [-0.1, -0.05) is 32.0 Å². The molecule has 0 saturated carbocycles. The minimum atomic E-state index is 0.393. The molecule has 0 aliphatic rings. The van der Waals surface area contributed by atoms with Crippen molar-refractivity contribution in [3.8, 4) is 0 Å². The fourth-order valence-corrected chi connectivity index (χ4v) is 2.47. The zero-order valence-electron chi connectivity index (χ0n) is 12.3. The monoisotopic (exact) mass is 260 g/mol. The minimum absolute atomic E-state index is 0.393. The summed E-state index contributed by atoms with van der Waals surface area (Å²) < 4.78 is 7.47. The van der Waals surface area contributed by atoms with E-state index >= 15 is 0 Å². The van der Waals surface area contributed by atoms with Gasteiger partial charge in [0.05, 0.1) is 6.61 Å². The van der Waals surface area contributed by atoms with Crippen LogP contribution < -0.4 is 5.32 Å². The van der Waals surface area contributed by atoms with Crippen LogP contribution in [0.15, 0.2) is 30.5 Å². The highest BCUT2D eigenvalue weighted by molar-refractivity contribution is 5.83. The molecule has 104 valence electrons. The maximum atomic E-state index is 5.28. The molecule has 1 aromatic heterocycles. The Morgan fingerprint density at radius 3 is 2.68 bits per heavy atom. The normalized spacial score (nSPS) is 13.3. The summed E-state index contributed by atoms with van der Waals surface area (Å²) in [6.45, 7) is 6.08. The molecular formula is C16H24N2O. The predicted octanol–water partition coefficient (Wildman–Crippen LogP) is 2.94. The molecule has 0 fully saturated rings. The fourth-order valence-electron chi connectivity index (χ4n) is 2.47. The first-order valence-electron chi connectivity index (χ1n) is 6.88. The largest absolute Gasteiger partial charge is 0.383 e. The lowest BCUT2D eigenvalue weighted by molar-refractivity contribution is 0.146. The average Bonchev–Trinajstić information content (AvgIpc) is 2.72. The molecule has 3 heteroatoms. The number of methoxy groups -OCH3 is 1. The minimum Gasteiger partial charge on any atom is -0.383 e. The predicted molar refractivity (Wildman–Crippen MR) is 80.3 cm³/mol. The molecule has 0 bridgehead atoms. The van der Waals surface area contributed by atoms with Crippen LogP contribution in [0.3, 0.4) is 0 Å². The van der Waals surface area contributed by atoms with Crippen molar-refractivity contribution in [1.82, 2.24) is 9.88 Å². The van der Waals surface area contributed by atoms with Crippen molar-refractivity contribution in [1.29, 1.82) is 0 Å². The van der Waals surface area contributed by atoms with Gasteiger partial charge in [0, 0.05) is 43.8 Å². The molecule has 0 radical (unpaired) electrons. The summed E-state index contributed by atoms with van der Waals surface area (Å²) >= 11 is 0. The highest BCUT2D eigenvalue weighted by Gasteiger charge is 2.13. The van der Waals surface area contributed by atoms with Crippen LogP contribution in [-0.4, -0.2) is 24.3 Å². The Balaban J connectivity index is 2.13. The lowest BCUT2D eigenvalue weighted by Crippen LogP contribution is -2.37. The summed E-state index contributed by atoms with van der Waals surface area (Å²) in [5.74, 6) is 0.565. The number of aryl methyl sites for hydroxylation is 1. The van der Waals surface area contributed by atoms with E-state index < -0.39 is 0 Å². The molecule has 0 spiro atoms. The summed E-state index contributed by atoms with van der Waals surface area (Å²) in [7, 11) is 3.86. The maximum absolute atomic E-state index is 5.28. The van der Waals surface area contributed by atoms with Crippen LogP contribution >= 0.6 is 0 Å². The molecule has 1 aromatic carbocycles. The first-order valence-corrected chi connectivity index (χ1v) is 6.88. The SMILES string of the molecule is COCC(NCc1cn(C)c2ccccc12)C(C)C. The van der Waals surface area contributed by atoms with Gasteiger partial charge in [0.25, 0.3) is 0 Å². The van der Waals surface area contributed by atoms with Crippen molar-refractivity contribution in [3.63, 3.8) is 0 Å². The van der Waals surface area contributed by atoms with Crippen LogP contribution in [0.25, 0.3) is 10.9 Å². The van der Waals surface area contributed by atoms with Gasteiger partial charge in [-0.05, 0) is 17.5 Å². The van der Waals surface area contributed by atoms with Gasteiger partial charge >= 0.3 is 0 Å². The third kappa shape index (κ3) is 3.17. The Bertz CT molecular complexity index is 531. The second-order valence-electron chi connectivity index (χ2n) is 5.47. The van der Waals surface area contributed by atoms with Gasteiger partial charge in [-0.15, -0.1) is 0 Å². The van der Waals surface area contributed by atoms with Crippen LogP contribution in [0.2, 0.25) is 0 Å². The van der Waals surface area contributed by atoms with E-state index in [0.717, 1.165) is 13.2 Å². The summed E-state index contributed by atoms with van der Waals surface area (Å²) in [5.41, 5.74) is 2.63.